The third kappa shape index (κ3) is 5.03. The molecule has 5 aromatic rings. The standard InChI is InChI=1S/C33H37FN4O3Si/c1-42(2,3)18-17-40-22-37-14-11-26-28(31(37)39)27-19-24(34)9-10-25(27)30-29(26)35-32(36-15-12-33(13-16-36)21-41-33)38(30)20-23-7-5-4-6-8-23/h4-11,14,19H,12-13,15-18,20-22H2,1-3H3. The first kappa shape index (κ1) is 27.3. The number of halogens is 1. The van der Waals surface area contributed by atoms with Gasteiger partial charge in [-0.05, 0) is 48.7 Å². The van der Waals surface area contributed by atoms with Gasteiger partial charge in [-0.3, -0.25) is 9.36 Å². The number of pyridine rings is 1. The molecule has 0 atom stereocenters. The van der Waals surface area contributed by atoms with Crippen molar-refractivity contribution in [2.75, 3.05) is 31.2 Å². The third-order valence-corrected chi connectivity index (χ3v) is 10.5. The highest BCUT2D eigenvalue weighted by atomic mass is 28.3. The molecule has 0 unspecified atom stereocenters. The van der Waals surface area contributed by atoms with Crippen molar-refractivity contribution in [3.05, 3.63) is 82.5 Å². The third-order valence-electron chi connectivity index (χ3n) is 8.79. The van der Waals surface area contributed by atoms with Crippen molar-refractivity contribution in [1.82, 2.24) is 14.1 Å². The van der Waals surface area contributed by atoms with E-state index >= 15 is 0 Å². The van der Waals surface area contributed by atoms with Gasteiger partial charge in [0.1, 0.15) is 12.5 Å². The van der Waals surface area contributed by atoms with E-state index in [1.807, 2.05) is 24.3 Å². The highest BCUT2D eigenvalue weighted by Gasteiger charge is 2.47. The average molecular weight is 585 g/mol. The molecule has 2 aromatic heterocycles. The summed E-state index contributed by atoms with van der Waals surface area (Å²) >= 11 is 0. The second kappa shape index (κ2) is 10.3. The van der Waals surface area contributed by atoms with Crippen LogP contribution >= 0.6 is 0 Å². The van der Waals surface area contributed by atoms with Crippen LogP contribution in [0.1, 0.15) is 18.4 Å². The summed E-state index contributed by atoms with van der Waals surface area (Å²) in [6, 6.07) is 18.1. The van der Waals surface area contributed by atoms with Crippen LogP contribution in [-0.4, -0.2) is 54.1 Å². The number of nitrogens with zero attached hydrogens (tertiary/aromatic N) is 4. The molecule has 42 heavy (non-hydrogen) atoms. The lowest BCUT2D eigenvalue weighted by molar-refractivity contribution is 0.0851. The maximum Gasteiger partial charge on any atom is 0.261 e. The van der Waals surface area contributed by atoms with Gasteiger partial charge in [-0.25, -0.2) is 9.37 Å². The number of piperidine rings is 1. The Labute approximate surface area is 245 Å². The fourth-order valence-electron chi connectivity index (χ4n) is 6.17. The molecule has 2 aliphatic rings. The fraction of sp³-hybridized carbons (Fsp3) is 0.394. The molecular formula is C33H37FN4O3Si. The Hall–Kier alpha value is -3.53. The van der Waals surface area contributed by atoms with E-state index in [1.165, 1.54) is 12.1 Å². The van der Waals surface area contributed by atoms with Crippen molar-refractivity contribution >= 4 is 46.6 Å². The predicted molar refractivity (Wildman–Crippen MR) is 169 cm³/mol. The summed E-state index contributed by atoms with van der Waals surface area (Å²) in [5, 5.41) is 2.64. The summed E-state index contributed by atoms with van der Waals surface area (Å²) in [6.45, 7) is 10.9. The predicted octanol–water partition coefficient (Wildman–Crippen LogP) is 6.37. The summed E-state index contributed by atoms with van der Waals surface area (Å²) in [7, 11) is -1.25. The molecule has 2 fully saturated rings. The second-order valence-electron chi connectivity index (χ2n) is 13.1. The summed E-state index contributed by atoms with van der Waals surface area (Å²) in [5.41, 5.74) is 2.69. The first-order chi connectivity index (χ1) is 20.2. The Morgan fingerprint density at radius 3 is 2.50 bits per heavy atom. The van der Waals surface area contributed by atoms with E-state index in [4.69, 9.17) is 14.5 Å². The molecule has 7 nitrogen and oxygen atoms in total. The molecule has 0 radical (unpaired) electrons. The number of hydrogen-bond donors (Lipinski definition) is 0. The van der Waals surface area contributed by atoms with E-state index in [0.717, 1.165) is 71.9 Å². The largest absolute Gasteiger partial charge is 0.369 e. The van der Waals surface area contributed by atoms with Crippen molar-refractivity contribution in [3.63, 3.8) is 0 Å². The van der Waals surface area contributed by atoms with Gasteiger partial charge >= 0.3 is 0 Å². The number of epoxide rings is 1. The van der Waals surface area contributed by atoms with E-state index in [0.29, 0.717) is 23.9 Å². The lowest BCUT2D eigenvalue weighted by Gasteiger charge is -2.31. The van der Waals surface area contributed by atoms with Crippen molar-refractivity contribution in [3.8, 4) is 0 Å². The molecule has 0 aliphatic carbocycles. The van der Waals surface area contributed by atoms with Gasteiger partial charge < -0.3 is 18.9 Å². The molecule has 2 aliphatic heterocycles. The van der Waals surface area contributed by atoms with Gasteiger partial charge in [0.05, 0.1) is 35.2 Å². The van der Waals surface area contributed by atoms with Crippen LogP contribution in [0.2, 0.25) is 25.7 Å². The molecule has 3 aromatic carbocycles. The minimum absolute atomic E-state index is 0.0475. The molecule has 0 saturated carbocycles. The summed E-state index contributed by atoms with van der Waals surface area (Å²) in [6.07, 6.45) is 3.72. The number of ether oxygens (including phenoxy) is 2. The molecule has 0 amide bonds. The van der Waals surface area contributed by atoms with E-state index in [1.54, 1.807) is 16.8 Å². The molecule has 7 rings (SSSR count). The zero-order valence-electron chi connectivity index (χ0n) is 24.5. The van der Waals surface area contributed by atoms with Crippen molar-refractivity contribution in [1.29, 1.82) is 0 Å². The van der Waals surface area contributed by atoms with Crippen LogP contribution in [0.15, 0.2) is 65.6 Å². The SMILES string of the molecule is C[Si](C)(C)CCOCn1ccc2c3nc(N4CCC5(CC4)CO5)n(Cc4ccccc4)c3c3ccc(F)cc3c2c1=O. The Bertz CT molecular complexity index is 1850. The first-order valence-corrected chi connectivity index (χ1v) is 18.6. The Kier molecular flexibility index (Phi) is 6.71. The number of hydrogen-bond acceptors (Lipinski definition) is 5. The summed E-state index contributed by atoms with van der Waals surface area (Å²) in [5.74, 6) is 0.505. The highest BCUT2D eigenvalue weighted by Crippen LogP contribution is 2.41. The van der Waals surface area contributed by atoms with Crippen LogP contribution in [0, 0.1) is 5.82 Å². The Morgan fingerprint density at radius 2 is 1.79 bits per heavy atom. The Morgan fingerprint density at radius 1 is 1.02 bits per heavy atom. The molecule has 0 N–H and O–H groups in total. The van der Waals surface area contributed by atoms with Crippen LogP contribution < -0.4 is 10.5 Å². The number of aromatic nitrogens is 3. The van der Waals surface area contributed by atoms with Gasteiger partial charge in [-0.1, -0.05) is 50.0 Å². The normalized spacial score (nSPS) is 16.7. The number of imidazole rings is 1. The maximum atomic E-state index is 14.8. The molecule has 2 saturated heterocycles. The van der Waals surface area contributed by atoms with E-state index in [-0.39, 0.29) is 23.7 Å². The van der Waals surface area contributed by atoms with E-state index in [9.17, 15) is 9.18 Å². The van der Waals surface area contributed by atoms with Gasteiger partial charge in [-0.2, -0.15) is 0 Å². The van der Waals surface area contributed by atoms with Crippen LogP contribution in [-0.2, 0) is 22.7 Å². The van der Waals surface area contributed by atoms with E-state index < -0.39 is 8.07 Å². The molecule has 4 heterocycles. The first-order valence-electron chi connectivity index (χ1n) is 14.9. The minimum Gasteiger partial charge on any atom is -0.369 e. The molecular weight excluding hydrogens is 547 g/mol. The number of fused-ring (bicyclic) bond motifs is 6. The zero-order chi connectivity index (χ0) is 29.1. The van der Waals surface area contributed by atoms with Gasteiger partial charge in [0.2, 0.25) is 5.95 Å². The van der Waals surface area contributed by atoms with Crippen LogP contribution in [0.5, 0.6) is 0 Å². The highest BCUT2D eigenvalue weighted by molar-refractivity contribution is 6.76. The summed E-state index contributed by atoms with van der Waals surface area (Å²) < 4.78 is 30.3. The van der Waals surface area contributed by atoms with Crippen LogP contribution in [0.4, 0.5) is 10.3 Å². The number of benzene rings is 3. The van der Waals surface area contributed by atoms with Gasteiger partial charge in [-0.15, -0.1) is 0 Å². The van der Waals surface area contributed by atoms with Crippen molar-refractivity contribution < 1.29 is 13.9 Å². The topological polar surface area (TPSA) is 64.8 Å². The van der Waals surface area contributed by atoms with Crippen LogP contribution in [0.3, 0.4) is 0 Å². The fourth-order valence-corrected chi connectivity index (χ4v) is 6.93. The zero-order valence-corrected chi connectivity index (χ0v) is 25.5. The lowest BCUT2D eigenvalue weighted by atomic mass is 9.98. The smallest absolute Gasteiger partial charge is 0.261 e. The molecule has 1 spiro atoms. The van der Waals surface area contributed by atoms with Crippen molar-refractivity contribution in [2.24, 2.45) is 0 Å². The summed E-state index contributed by atoms with van der Waals surface area (Å²) in [4.78, 5) is 21.6. The quantitative estimate of drug-likeness (QED) is 0.0918. The Balaban J connectivity index is 1.41. The second-order valence-corrected chi connectivity index (χ2v) is 18.7. The number of rotatable bonds is 8. The van der Waals surface area contributed by atoms with E-state index in [2.05, 4.69) is 41.2 Å². The average Bonchev–Trinajstić information content (AvgIpc) is 3.62. The van der Waals surface area contributed by atoms with Crippen LogP contribution in [0.25, 0.3) is 32.6 Å². The van der Waals surface area contributed by atoms with Crippen molar-refractivity contribution in [2.45, 2.75) is 57.4 Å². The van der Waals surface area contributed by atoms with Gasteiger partial charge in [0, 0.05) is 50.1 Å². The van der Waals surface area contributed by atoms with Gasteiger partial charge in [0.25, 0.3) is 5.56 Å². The lowest BCUT2D eigenvalue weighted by Crippen LogP contribution is -2.39. The molecule has 218 valence electrons. The van der Waals surface area contributed by atoms with Gasteiger partial charge in [0.15, 0.2) is 0 Å². The molecule has 0 bridgehead atoms. The maximum absolute atomic E-state index is 14.8. The number of anilines is 1. The monoisotopic (exact) mass is 584 g/mol. The minimum atomic E-state index is -1.25. The molecule has 9 heteroatoms.